The molecule has 5 nitrogen and oxygen atoms in total. The number of rotatable bonds is 5. The van der Waals surface area contributed by atoms with Gasteiger partial charge in [-0.2, -0.15) is 0 Å². The quantitative estimate of drug-likeness (QED) is 0.657. The van der Waals surface area contributed by atoms with Crippen molar-refractivity contribution in [2.45, 2.75) is 17.9 Å². The summed E-state index contributed by atoms with van der Waals surface area (Å²) < 4.78 is 23.2. The molecule has 0 aliphatic heterocycles. The van der Waals surface area contributed by atoms with Gasteiger partial charge in [-0.3, -0.25) is 4.79 Å². The van der Waals surface area contributed by atoms with E-state index in [4.69, 9.17) is 16.7 Å². The zero-order chi connectivity index (χ0) is 20.3. The molecule has 3 aromatic rings. The number of carbonyl (C=O) groups excluding carboxylic acids is 1. The van der Waals surface area contributed by atoms with Crippen LogP contribution in [0.15, 0.2) is 77.7 Å². The highest BCUT2D eigenvalue weighted by Crippen LogP contribution is 2.24. The molecule has 0 aliphatic rings. The second-order valence-corrected chi connectivity index (χ2v) is 8.31. The van der Waals surface area contributed by atoms with Crippen molar-refractivity contribution in [3.05, 3.63) is 88.9 Å². The van der Waals surface area contributed by atoms with Crippen molar-refractivity contribution in [2.75, 3.05) is 0 Å². The van der Waals surface area contributed by atoms with Crippen molar-refractivity contribution in [3.63, 3.8) is 0 Å². The molecule has 28 heavy (non-hydrogen) atoms. The minimum Gasteiger partial charge on any atom is -0.346 e. The number of primary sulfonamides is 1. The number of hydrogen-bond donors (Lipinski definition) is 2. The van der Waals surface area contributed by atoms with E-state index in [1.807, 2.05) is 61.5 Å². The SMILES string of the molecule is CC(NC(=O)c1ccc(Cl)c(S(N)(=O)=O)c1)c1ccc(-c2ccccc2)cc1. The standard InChI is InChI=1S/C21H19ClN2O3S/c1-14(15-7-9-17(10-8-15)16-5-3-2-4-6-16)24-21(25)18-11-12-19(22)20(13-18)28(23,26)27/h2-14H,1H3,(H,24,25)(H2,23,26,27). The molecule has 3 N–H and O–H groups in total. The molecular weight excluding hydrogens is 396 g/mol. The van der Waals surface area contributed by atoms with E-state index in [0.29, 0.717) is 0 Å². The summed E-state index contributed by atoms with van der Waals surface area (Å²) in [5.74, 6) is -0.416. The lowest BCUT2D eigenvalue weighted by Crippen LogP contribution is -2.27. The van der Waals surface area contributed by atoms with Crippen LogP contribution in [0, 0.1) is 0 Å². The maximum absolute atomic E-state index is 12.5. The first-order chi connectivity index (χ1) is 13.3. The zero-order valence-corrected chi connectivity index (χ0v) is 16.7. The van der Waals surface area contributed by atoms with E-state index in [0.717, 1.165) is 16.7 Å². The van der Waals surface area contributed by atoms with Gasteiger partial charge in [0.15, 0.2) is 0 Å². The van der Waals surface area contributed by atoms with Crippen LogP contribution in [0.2, 0.25) is 5.02 Å². The first-order valence-corrected chi connectivity index (χ1v) is 10.5. The number of amides is 1. The van der Waals surface area contributed by atoms with Crippen molar-refractivity contribution in [3.8, 4) is 11.1 Å². The average molecular weight is 415 g/mol. The summed E-state index contributed by atoms with van der Waals surface area (Å²) in [5.41, 5.74) is 3.29. The molecule has 0 heterocycles. The van der Waals surface area contributed by atoms with Gasteiger partial charge in [0.1, 0.15) is 4.90 Å². The Kier molecular flexibility index (Phi) is 5.84. The molecule has 0 bridgehead atoms. The fourth-order valence-corrected chi connectivity index (χ4v) is 3.89. The van der Waals surface area contributed by atoms with Gasteiger partial charge >= 0.3 is 0 Å². The van der Waals surface area contributed by atoms with E-state index in [-0.39, 0.29) is 21.5 Å². The van der Waals surface area contributed by atoms with E-state index >= 15 is 0 Å². The van der Waals surface area contributed by atoms with Crippen molar-refractivity contribution < 1.29 is 13.2 Å². The lowest BCUT2D eigenvalue weighted by atomic mass is 10.0. The molecule has 7 heteroatoms. The molecule has 0 radical (unpaired) electrons. The van der Waals surface area contributed by atoms with Crippen LogP contribution in [-0.4, -0.2) is 14.3 Å². The molecule has 0 saturated carbocycles. The van der Waals surface area contributed by atoms with Gasteiger partial charge in [-0.25, -0.2) is 13.6 Å². The number of carbonyl (C=O) groups is 1. The summed E-state index contributed by atoms with van der Waals surface area (Å²) in [6, 6.07) is 21.6. The third kappa shape index (κ3) is 4.59. The number of nitrogens with one attached hydrogen (secondary N) is 1. The van der Waals surface area contributed by atoms with Crippen molar-refractivity contribution in [1.29, 1.82) is 0 Å². The molecule has 3 rings (SSSR count). The zero-order valence-electron chi connectivity index (χ0n) is 15.1. The summed E-state index contributed by atoms with van der Waals surface area (Å²) in [7, 11) is -4.01. The summed E-state index contributed by atoms with van der Waals surface area (Å²) in [6.45, 7) is 1.85. The van der Waals surface area contributed by atoms with Crippen molar-refractivity contribution in [1.82, 2.24) is 5.32 Å². The normalized spacial score (nSPS) is 12.4. The molecule has 0 spiro atoms. The Labute approximate surface area is 169 Å². The van der Waals surface area contributed by atoms with E-state index in [1.54, 1.807) is 0 Å². The second kappa shape index (κ2) is 8.14. The third-order valence-corrected chi connectivity index (χ3v) is 5.76. The lowest BCUT2D eigenvalue weighted by Gasteiger charge is -2.15. The second-order valence-electron chi connectivity index (χ2n) is 6.37. The highest BCUT2D eigenvalue weighted by molar-refractivity contribution is 7.89. The Hall–Kier alpha value is -2.67. The molecule has 0 aliphatic carbocycles. The summed E-state index contributed by atoms with van der Waals surface area (Å²) in [5, 5.41) is 7.96. The Morgan fingerprint density at radius 2 is 1.57 bits per heavy atom. The fraction of sp³-hybridized carbons (Fsp3) is 0.0952. The van der Waals surface area contributed by atoms with Gasteiger partial charge in [0.2, 0.25) is 10.0 Å². The van der Waals surface area contributed by atoms with E-state index in [1.165, 1.54) is 18.2 Å². The minimum atomic E-state index is -4.01. The topological polar surface area (TPSA) is 89.3 Å². The predicted molar refractivity (Wildman–Crippen MR) is 111 cm³/mol. The van der Waals surface area contributed by atoms with Crippen LogP contribution in [0.4, 0.5) is 0 Å². The molecule has 1 atom stereocenters. The van der Waals surface area contributed by atoms with Crippen LogP contribution in [-0.2, 0) is 10.0 Å². The van der Waals surface area contributed by atoms with Crippen LogP contribution in [0.25, 0.3) is 11.1 Å². The lowest BCUT2D eigenvalue weighted by molar-refractivity contribution is 0.0939. The maximum Gasteiger partial charge on any atom is 0.251 e. The third-order valence-electron chi connectivity index (χ3n) is 4.37. The van der Waals surface area contributed by atoms with Gasteiger partial charge in [0, 0.05) is 5.56 Å². The number of benzene rings is 3. The first-order valence-electron chi connectivity index (χ1n) is 8.54. The van der Waals surface area contributed by atoms with Gasteiger partial charge < -0.3 is 5.32 Å². The first kappa shape index (κ1) is 20.1. The summed E-state index contributed by atoms with van der Waals surface area (Å²) in [4.78, 5) is 12.2. The summed E-state index contributed by atoms with van der Waals surface area (Å²) in [6.07, 6.45) is 0. The van der Waals surface area contributed by atoms with Crippen LogP contribution < -0.4 is 10.5 Å². The van der Waals surface area contributed by atoms with Gasteiger partial charge in [0.05, 0.1) is 11.1 Å². The Balaban J connectivity index is 1.76. The summed E-state index contributed by atoms with van der Waals surface area (Å²) >= 11 is 5.86. The van der Waals surface area contributed by atoms with Crippen LogP contribution >= 0.6 is 11.6 Å². The van der Waals surface area contributed by atoms with Crippen molar-refractivity contribution >= 4 is 27.5 Å². The van der Waals surface area contributed by atoms with Gasteiger partial charge in [-0.15, -0.1) is 0 Å². The molecule has 0 saturated heterocycles. The molecular formula is C21H19ClN2O3S. The highest BCUT2D eigenvalue weighted by atomic mass is 35.5. The smallest absolute Gasteiger partial charge is 0.251 e. The number of sulfonamides is 1. The molecule has 0 fully saturated rings. The number of nitrogens with two attached hydrogens (primary N) is 1. The van der Waals surface area contributed by atoms with Crippen LogP contribution in [0.5, 0.6) is 0 Å². The van der Waals surface area contributed by atoms with E-state index in [2.05, 4.69) is 5.32 Å². The number of hydrogen-bond acceptors (Lipinski definition) is 3. The minimum absolute atomic E-state index is 0.0244. The van der Waals surface area contributed by atoms with Gasteiger partial charge in [0.25, 0.3) is 5.91 Å². The van der Waals surface area contributed by atoms with Crippen LogP contribution in [0.1, 0.15) is 28.9 Å². The Morgan fingerprint density at radius 3 is 2.18 bits per heavy atom. The van der Waals surface area contributed by atoms with Crippen molar-refractivity contribution in [2.24, 2.45) is 5.14 Å². The van der Waals surface area contributed by atoms with E-state index in [9.17, 15) is 13.2 Å². The monoisotopic (exact) mass is 414 g/mol. The molecule has 1 unspecified atom stereocenters. The van der Waals surface area contributed by atoms with Gasteiger partial charge in [-0.1, -0.05) is 66.2 Å². The molecule has 144 valence electrons. The van der Waals surface area contributed by atoms with E-state index < -0.39 is 15.9 Å². The number of halogens is 1. The largest absolute Gasteiger partial charge is 0.346 e. The predicted octanol–water partition coefficient (Wildman–Crippen LogP) is 4.15. The van der Waals surface area contributed by atoms with Crippen LogP contribution in [0.3, 0.4) is 0 Å². The maximum atomic E-state index is 12.5. The van der Waals surface area contributed by atoms with Gasteiger partial charge in [-0.05, 0) is 41.8 Å². The molecule has 3 aromatic carbocycles. The molecule has 1 amide bonds. The molecule has 0 aromatic heterocycles. The average Bonchev–Trinajstić information content (AvgIpc) is 2.68. The Morgan fingerprint density at radius 1 is 0.964 bits per heavy atom. The Bertz CT molecular complexity index is 1100. The highest BCUT2D eigenvalue weighted by Gasteiger charge is 2.18. The fourth-order valence-electron chi connectivity index (χ4n) is 2.82.